The molecule has 26 heavy (non-hydrogen) atoms. The quantitative estimate of drug-likeness (QED) is 0.833. The lowest BCUT2D eigenvalue weighted by Gasteiger charge is -2.32. The van der Waals surface area contributed by atoms with Gasteiger partial charge in [-0.15, -0.1) is 0 Å². The van der Waals surface area contributed by atoms with Crippen LogP contribution in [0.3, 0.4) is 0 Å². The van der Waals surface area contributed by atoms with Crippen LogP contribution in [0, 0.1) is 5.92 Å². The minimum Gasteiger partial charge on any atom is -0.353 e. The molecule has 5 nitrogen and oxygen atoms in total. The van der Waals surface area contributed by atoms with Gasteiger partial charge in [-0.2, -0.15) is 5.10 Å². The summed E-state index contributed by atoms with van der Waals surface area (Å²) in [5.74, 6) is 0.899. The van der Waals surface area contributed by atoms with E-state index in [1.807, 2.05) is 16.9 Å². The van der Waals surface area contributed by atoms with Crippen LogP contribution in [0.2, 0.25) is 0 Å². The van der Waals surface area contributed by atoms with Gasteiger partial charge in [-0.05, 0) is 68.3 Å². The summed E-state index contributed by atoms with van der Waals surface area (Å²) in [7, 11) is 0. The number of nitrogens with zero attached hydrogens (tertiary/aromatic N) is 3. The lowest BCUT2D eigenvalue weighted by atomic mass is 9.93. The third-order valence-corrected chi connectivity index (χ3v) is 5.44. The van der Waals surface area contributed by atoms with E-state index in [-0.39, 0.29) is 5.91 Å². The van der Waals surface area contributed by atoms with Crippen LogP contribution < -0.4 is 5.32 Å². The van der Waals surface area contributed by atoms with Crippen molar-refractivity contribution in [2.24, 2.45) is 5.92 Å². The van der Waals surface area contributed by atoms with Crippen LogP contribution in [0.5, 0.6) is 0 Å². The molecule has 2 heterocycles. The first-order valence-electron chi connectivity index (χ1n) is 9.87. The fourth-order valence-electron chi connectivity index (χ4n) is 3.83. The summed E-state index contributed by atoms with van der Waals surface area (Å²) in [6.07, 6.45) is 10.3. The largest absolute Gasteiger partial charge is 0.353 e. The van der Waals surface area contributed by atoms with Crippen LogP contribution in [0.1, 0.15) is 44.1 Å². The summed E-state index contributed by atoms with van der Waals surface area (Å²) in [5.41, 5.74) is 2.44. The van der Waals surface area contributed by atoms with Gasteiger partial charge >= 0.3 is 0 Å². The molecule has 1 aromatic heterocycles. The lowest BCUT2D eigenvalue weighted by molar-refractivity contribution is -0.121. The Morgan fingerprint density at radius 3 is 2.77 bits per heavy atom. The zero-order valence-corrected chi connectivity index (χ0v) is 15.3. The number of likely N-dealkylation sites (tertiary alicyclic amines) is 1. The number of carbonyl (C=O) groups excluding carboxylic acids is 1. The van der Waals surface area contributed by atoms with Crippen LogP contribution in [-0.4, -0.2) is 39.7 Å². The number of nitrogens with one attached hydrogen (secondary N) is 1. The average Bonchev–Trinajstić information content (AvgIpc) is 3.30. The van der Waals surface area contributed by atoms with Crippen molar-refractivity contribution in [2.45, 2.75) is 51.1 Å². The predicted molar refractivity (Wildman–Crippen MR) is 102 cm³/mol. The Morgan fingerprint density at radius 2 is 2.04 bits per heavy atom. The Bertz CT molecular complexity index is 706. The second-order valence-corrected chi connectivity index (χ2v) is 7.74. The van der Waals surface area contributed by atoms with Crippen molar-refractivity contribution in [2.75, 3.05) is 13.1 Å². The third-order valence-electron chi connectivity index (χ3n) is 5.44. The van der Waals surface area contributed by atoms with Crippen molar-refractivity contribution in [3.63, 3.8) is 0 Å². The monoisotopic (exact) mass is 352 g/mol. The Labute approximate surface area is 155 Å². The molecule has 1 saturated heterocycles. The van der Waals surface area contributed by atoms with Gasteiger partial charge in [0.2, 0.25) is 5.91 Å². The van der Waals surface area contributed by atoms with E-state index in [0.717, 1.165) is 31.7 Å². The molecule has 5 heteroatoms. The minimum atomic E-state index is 0.249. The average molecular weight is 352 g/mol. The standard InChI is InChI=1S/C21H28N4O/c26-21(23-19-7-8-19)11-6-17-3-1-13-24(15-17)16-18-4-9-20(10-5-18)25-14-2-12-22-25/h2,4-5,9-10,12,14,17,19H,1,3,6-8,11,13,15-16H2,(H,23,26)/t17-/m1/s1. The molecule has 2 aliphatic rings. The summed E-state index contributed by atoms with van der Waals surface area (Å²) in [6, 6.07) is 11.1. The number of carbonyl (C=O) groups is 1. The van der Waals surface area contributed by atoms with E-state index >= 15 is 0 Å². The SMILES string of the molecule is O=C(CC[C@H]1CCCN(Cc2ccc(-n3cccn3)cc2)C1)NC1CC1. The van der Waals surface area contributed by atoms with Crippen molar-refractivity contribution in [3.8, 4) is 5.69 Å². The third kappa shape index (κ3) is 4.73. The molecule has 1 aliphatic carbocycles. The van der Waals surface area contributed by atoms with Gasteiger partial charge in [-0.3, -0.25) is 9.69 Å². The summed E-state index contributed by atoms with van der Waals surface area (Å²) >= 11 is 0. The van der Waals surface area contributed by atoms with Crippen LogP contribution in [-0.2, 0) is 11.3 Å². The fourth-order valence-corrected chi connectivity index (χ4v) is 3.83. The van der Waals surface area contributed by atoms with Crippen LogP contribution in [0.15, 0.2) is 42.7 Å². The molecular weight excluding hydrogens is 324 g/mol. The van der Waals surface area contributed by atoms with Crippen molar-refractivity contribution in [1.82, 2.24) is 20.0 Å². The second-order valence-electron chi connectivity index (χ2n) is 7.74. The number of hydrogen-bond donors (Lipinski definition) is 1. The molecule has 1 amide bonds. The first-order chi connectivity index (χ1) is 12.8. The molecule has 1 aromatic carbocycles. The highest BCUT2D eigenvalue weighted by molar-refractivity contribution is 5.76. The zero-order chi connectivity index (χ0) is 17.8. The normalized spacial score (nSPS) is 20.8. The van der Waals surface area contributed by atoms with E-state index in [0.29, 0.717) is 18.4 Å². The first kappa shape index (κ1) is 17.3. The molecule has 2 fully saturated rings. The fraction of sp³-hybridized carbons (Fsp3) is 0.524. The summed E-state index contributed by atoms with van der Waals surface area (Å²) < 4.78 is 1.88. The van der Waals surface area contributed by atoms with Gasteiger partial charge in [-0.1, -0.05) is 12.1 Å². The first-order valence-corrected chi connectivity index (χ1v) is 9.87. The molecule has 1 N–H and O–H groups in total. The molecular formula is C21H28N4O. The molecule has 0 unspecified atom stereocenters. The lowest BCUT2D eigenvalue weighted by Crippen LogP contribution is -2.35. The molecule has 4 rings (SSSR count). The summed E-state index contributed by atoms with van der Waals surface area (Å²) in [6.45, 7) is 3.26. The number of amides is 1. The predicted octanol–water partition coefficient (Wildman–Crippen LogP) is 3.14. The Morgan fingerprint density at radius 1 is 1.19 bits per heavy atom. The number of benzene rings is 1. The van der Waals surface area contributed by atoms with Crippen LogP contribution in [0.25, 0.3) is 5.69 Å². The summed E-state index contributed by atoms with van der Waals surface area (Å²) in [5, 5.41) is 7.37. The van der Waals surface area contributed by atoms with Crippen molar-refractivity contribution >= 4 is 5.91 Å². The number of rotatable bonds is 7. The highest BCUT2D eigenvalue weighted by atomic mass is 16.1. The smallest absolute Gasteiger partial charge is 0.220 e. The maximum absolute atomic E-state index is 11.9. The molecule has 138 valence electrons. The van der Waals surface area contributed by atoms with E-state index in [1.165, 1.54) is 31.2 Å². The van der Waals surface area contributed by atoms with Crippen molar-refractivity contribution in [3.05, 3.63) is 48.3 Å². The van der Waals surface area contributed by atoms with Crippen LogP contribution >= 0.6 is 0 Å². The molecule has 0 bridgehead atoms. The molecule has 0 radical (unpaired) electrons. The van der Waals surface area contributed by atoms with Gasteiger partial charge in [0.1, 0.15) is 0 Å². The van der Waals surface area contributed by atoms with Crippen LogP contribution in [0.4, 0.5) is 0 Å². The highest BCUT2D eigenvalue weighted by Crippen LogP contribution is 2.24. The maximum atomic E-state index is 11.9. The zero-order valence-electron chi connectivity index (χ0n) is 15.3. The molecule has 1 atom stereocenters. The number of aromatic nitrogens is 2. The second kappa shape index (κ2) is 8.04. The van der Waals surface area contributed by atoms with Crippen molar-refractivity contribution in [1.29, 1.82) is 0 Å². The van der Waals surface area contributed by atoms with E-state index in [9.17, 15) is 4.79 Å². The van der Waals surface area contributed by atoms with E-state index in [1.54, 1.807) is 6.20 Å². The number of piperidine rings is 1. The Hall–Kier alpha value is -2.14. The Balaban J connectivity index is 1.25. The van der Waals surface area contributed by atoms with Gasteiger partial charge in [0, 0.05) is 37.9 Å². The molecule has 2 aromatic rings. The maximum Gasteiger partial charge on any atom is 0.220 e. The highest BCUT2D eigenvalue weighted by Gasteiger charge is 2.24. The minimum absolute atomic E-state index is 0.249. The van der Waals surface area contributed by atoms with E-state index in [2.05, 4.69) is 39.6 Å². The Kier molecular flexibility index (Phi) is 5.34. The van der Waals surface area contributed by atoms with E-state index in [4.69, 9.17) is 0 Å². The summed E-state index contributed by atoms with van der Waals surface area (Å²) in [4.78, 5) is 14.4. The van der Waals surface area contributed by atoms with Gasteiger partial charge in [0.25, 0.3) is 0 Å². The molecule has 1 saturated carbocycles. The van der Waals surface area contributed by atoms with Crippen molar-refractivity contribution < 1.29 is 4.79 Å². The number of hydrogen-bond acceptors (Lipinski definition) is 3. The molecule has 1 aliphatic heterocycles. The van der Waals surface area contributed by atoms with Gasteiger partial charge in [0.15, 0.2) is 0 Å². The van der Waals surface area contributed by atoms with E-state index < -0.39 is 0 Å². The van der Waals surface area contributed by atoms with Gasteiger partial charge in [0.05, 0.1) is 5.69 Å². The topological polar surface area (TPSA) is 50.2 Å². The van der Waals surface area contributed by atoms with Gasteiger partial charge in [-0.25, -0.2) is 4.68 Å². The molecule has 0 spiro atoms. The van der Waals surface area contributed by atoms with Gasteiger partial charge < -0.3 is 5.32 Å².